The molecule has 0 atom stereocenters. The van der Waals surface area contributed by atoms with Crippen LogP contribution in [-0.4, -0.2) is 10.9 Å². The van der Waals surface area contributed by atoms with Crippen LogP contribution >= 0.6 is 22.6 Å². The number of rotatable bonds is 2. The minimum absolute atomic E-state index is 0.111. The van der Waals surface area contributed by atoms with Crippen LogP contribution < -0.4 is 5.32 Å². The van der Waals surface area contributed by atoms with Crippen molar-refractivity contribution in [2.24, 2.45) is 0 Å². The lowest BCUT2D eigenvalue weighted by atomic mass is 10.2. The van der Waals surface area contributed by atoms with E-state index in [9.17, 15) is 4.79 Å². The fourth-order valence-electron chi connectivity index (χ4n) is 1.61. The molecule has 2 rings (SSSR count). The van der Waals surface area contributed by atoms with Crippen molar-refractivity contribution in [2.45, 2.75) is 13.8 Å². The van der Waals surface area contributed by atoms with Gasteiger partial charge in [-0.25, -0.2) is 0 Å². The lowest BCUT2D eigenvalue weighted by molar-refractivity contribution is 0.102. The third kappa shape index (κ3) is 3.07. The zero-order chi connectivity index (χ0) is 13.1. The Morgan fingerprint density at radius 1 is 1.11 bits per heavy atom. The van der Waals surface area contributed by atoms with Gasteiger partial charge in [0.25, 0.3) is 5.91 Å². The molecule has 0 fully saturated rings. The van der Waals surface area contributed by atoms with Crippen LogP contribution in [-0.2, 0) is 0 Å². The van der Waals surface area contributed by atoms with Gasteiger partial charge in [0.2, 0.25) is 0 Å². The average molecular weight is 352 g/mol. The van der Waals surface area contributed by atoms with E-state index in [0.717, 1.165) is 20.6 Å². The minimum atomic E-state index is -0.111. The monoisotopic (exact) mass is 352 g/mol. The Balaban J connectivity index is 2.18. The van der Waals surface area contributed by atoms with Gasteiger partial charge in [0.15, 0.2) is 0 Å². The molecule has 4 heteroatoms. The summed E-state index contributed by atoms with van der Waals surface area (Å²) in [6.07, 6.45) is 0. The second-order valence-corrected chi connectivity index (χ2v) is 5.29. The molecule has 1 aromatic heterocycles. The Bertz CT molecular complexity index is 579. The van der Waals surface area contributed by atoms with Gasteiger partial charge >= 0.3 is 0 Å². The third-order valence-corrected chi connectivity index (χ3v) is 3.30. The molecular weight excluding hydrogens is 339 g/mol. The van der Waals surface area contributed by atoms with Crippen molar-refractivity contribution in [3.8, 4) is 0 Å². The quantitative estimate of drug-likeness (QED) is 0.840. The molecule has 0 unspecified atom stereocenters. The van der Waals surface area contributed by atoms with Crippen LogP contribution in [0.1, 0.15) is 21.7 Å². The van der Waals surface area contributed by atoms with E-state index < -0.39 is 0 Å². The Morgan fingerprint density at radius 2 is 1.78 bits per heavy atom. The molecule has 92 valence electrons. The lowest BCUT2D eigenvalue weighted by Gasteiger charge is -2.08. The van der Waals surface area contributed by atoms with E-state index in [4.69, 9.17) is 0 Å². The number of halogens is 1. The van der Waals surface area contributed by atoms with Crippen molar-refractivity contribution >= 4 is 34.2 Å². The summed E-state index contributed by atoms with van der Waals surface area (Å²) >= 11 is 2.21. The van der Waals surface area contributed by atoms with Crippen LogP contribution in [0.3, 0.4) is 0 Å². The number of carbonyl (C=O) groups excluding carboxylic acids is 1. The number of anilines is 1. The Kier molecular flexibility index (Phi) is 3.96. The molecule has 1 N–H and O–H groups in total. The molecule has 0 aliphatic rings. The fraction of sp³-hybridized carbons (Fsp3) is 0.143. The van der Waals surface area contributed by atoms with E-state index in [1.165, 1.54) is 0 Å². The zero-order valence-electron chi connectivity index (χ0n) is 10.2. The summed E-state index contributed by atoms with van der Waals surface area (Å²) in [5, 5.41) is 2.87. The topological polar surface area (TPSA) is 42.0 Å². The van der Waals surface area contributed by atoms with Crippen molar-refractivity contribution < 1.29 is 4.79 Å². The number of benzene rings is 1. The normalized spacial score (nSPS) is 10.2. The molecule has 0 spiro atoms. The van der Waals surface area contributed by atoms with E-state index in [0.29, 0.717) is 5.56 Å². The van der Waals surface area contributed by atoms with Gasteiger partial charge in [0, 0.05) is 14.8 Å². The van der Waals surface area contributed by atoms with Crippen LogP contribution in [0.5, 0.6) is 0 Å². The molecule has 0 saturated heterocycles. The molecule has 18 heavy (non-hydrogen) atoms. The fourth-order valence-corrected chi connectivity index (χ4v) is 1.97. The number of carbonyl (C=O) groups is 1. The maximum Gasteiger partial charge on any atom is 0.255 e. The van der Waals surface area contributed by atoms with Gasteiger partial charge in [0.1, 0.15) is 0 Å². The number of hydrogen-bond acceptors (Lipinski definition) is 2. The first-order chi connectivity index (χ1) is 8.56. The number of hydrogen-bond donors (Lipinski definition) is 1. The van der Waals surface area contributed by atoms with Crippen molar-refractivity contribution in [2.75, 3.05) is 5.32 Å². The maximum atomic E-state index is 12.0. The van der Waals surface area contributed by atoms with Crippen LogP contribution in [0.4, 0.5) is 5.69 Å². The summed E-state index contributed by atoms with van der Waals surface area (Å²) in [5.41, 5.74) is 3.17. The van der Waals surface area contributed by atoms with Crippen molar-refractivity contribution in [1.82, 2.24) is 4.98 Å². The highest BCUT2D eigenvalue weighted by Crippen LogP contribution is 2.14. The molecule has 1 aromatic carbocycles. The van der Waals surface area contributed by atoms with Gasteiger partial charge in [-0.3, -0.25) is 9.78 Å². The first-order valence-corrected chi connectivity index (χ1v) is 6.65. The summed E-state index contributed by atoms with van der Waals surface area (Å²) in [6, 6.07) is 11.2. The predicted molar refractivity (Wildman–Crippen MR) is 80.8 cm³/mol. The average Bonchev–Trinajstić information content (AvgIpc) is 2.33. The molecule has 0 bridgehead atoms. The van der Waals surface area contributed by atoms with Crippen molar-refractivity contribution in [1.29, 1.82) is 0 Å². The van der Waals surface area contributed by atoms with Crippen molar-refractivity contribution in [3.05, 3.63) is 56.9 Å². The molecule has 0 aliphatic heterocycles. The van der Waals surface area contributed by atoms with Crippen LogP contribution in [0.2, 0.25) is 0 Å². The molecule has 2 aromatic rings. The summed E-state index contributed by atoms with van der Waals surface area (Å²) in [7, 11) is 0. The van der Waals surface area contributed by atoms with E-state index in [2.05, 4.69) is 32.9 Å². The molecule has 0 saturated carbocycles. The largest absolute Gasteiger partial charge is 0.320 e. The third-order valence-electron chi connectivity index (χ3n) is 2.58. The number of nitrogens with one attached hydrogen (secondary N) is 1. The summed E-state index contributed by atoms with van der Waals surface area (Å²) < 4.78 is 1.11. The minimum Gasteiger partial charge on any atom is -0.320 e. The summed E-state index contributed by atoms with van der Waals surface area (Å²) in [6.45, 7) is 3.81. The molecule has 1 heterocycles. The van der Waals surface area contributed by atoms with Gasteiger partial charge < -0.3 is 5.32 Å². The number of amides is 1. The smallest absolute Gasteiger partial charge is 0.255 e. The van der Waals surface area contributed by atoms with Crippen molar-refractivity contribution in [3.63, 3.8) is 0 Å². The van der Waals surface area contributed by atoms with Crippen LogP contribution in [0, 0.1) is 17.4 Å². The SMILES string of the molecule is Cc1ccc(NC(=O)c2ccc(I)cc2)c(C)n1. The van der Waals surface area contributed by atoms with Crippen LogP contribution in [0.15, 0.2) is 36.4 Å². The Hall–Kier alpha value is -1.43. The molecular formula is C14H13IN2O. The number of aryl methyl sites for hydroxylation is 2. The highest BCUT2D eigenvalue weighted by molar-refractivity contribution is 14.1. The summed E-state index contributed by atoms with van der Waals surface area (Å²) in [5.74, 6) is -0.111. The van der Waals surface area contributed by atoms with E-state index in [-0.39, 0.29) is 5.91 Å². The van der Waals surface area contributed by atoms with Gasteiger partial charge in [0.05, 0.1) is 11.4 Å². The number of nitrogens with zero attached hydrogens (tertiary/aromatic N) is 1. The van der Waals surface area contributed by atoms with E-state index in [1.54, 1.807) is 0 Å². The molecule has 1 amide bonds. The first kappa shape index (κ1) is 13.0. The lowest BCUT2D eigenvalue weighted by Crippen LogP contribution is -2.13. The summed E-state index contributed by atoms with van der Waals surface area (Å²) in [4.78, 5) is 16.3. The standard InChI is InChI=1S/C14H13IN2O/c1-9-3-8-13(10(2)16-9)17-14(18)11-4-6-12(15)7-5-11/h3-8H,1-2H3,(H,17,18). The highest BCUT2D eigenvalue weighted by Gasteiger charge is 2.07. The van der Waals surface area contributed by atoms with Gasteiger partial charge in [-0.15, -0.1) is 0 Å². The molecule has 3 nitrogen and oxygen atoms in total. The van der Waals surface area contributed by atoms with Gasteiger partial charge in [-0.1, -0.05) is 0 Å². The number of aromatic nitrogens is 1. The second kappa shape index (κ2) is 5.48. The highest BCUT2D eigenvalue weighted by atomic mass is 127. The Morgan fingerprint density at radius 3 is 2.39 bits per heavy atom. The zero-order valence-corrected chi connectivity index (χ0v) is 12.4. The molecule has 0 radical (unpaired) electrons. The molecule has 0 aliphatic carbocycles. The first-order valence-electron chi connectivity index (χ1n) is 5.57. The van der Waals surface area contributed by atoms with E-state index in [1.807, 2.05) is 50.2 Å². The van der Waals surface area contributed by atoms with Gasteiger partial charge in [-0.05, 0) is 72.8 Å². The maximum absolute atomic E-state index is 12.0. The second-order valence-electron chi connectivity index (χ2n) is 4.05. The van der Waals surface area contributed by atoms with Gasteiger partial charge in [-0.2, -0.15) is 0 Å². The van der Waals surface area contributed by atoms with E-state index >= 15 is 0 Å². The number of pyridine rings is 1. The van der Waals surface area contributed by atoms with Crippen LogP contribution in [0.25, 0.3) is 0 Å². The predicted octanol–water partition coefficient (Wildman–Crippen LogP) is 3.56. The Labute approximate surface area is 120 Å².